The fraction of sp³-hybridized carbons (Fsp3) is 0.667. The molecule has 2 fully saturated rings. The minimum atomic E-state index is -1.30. The summed E-state index contributed by atoms with van der Waals surface area (Å²) in [5.74, 6) is 2.10. The van der Waals surface area contributed by atoms with Gasteiger partial charge in [-0.1, -0.05) is 5.92 Å². The lowest BCUT2D eigenvalue weighted by Crippen LogP contribution is -2.64. The molecule has 2 aliphatic rings. The van der Waals surface area contributed by atoms with Gasteiger partial charge in [-0.2, -0.15) is 0 Å². The van der Waals surface area contributed by atoms with E-state index in [4.69, 9.17) is 39.6 Å². The minimum Gasteiger partial charge on any atom is -0.435 e. The van der Waals surface area contributed by atoms with Gasteiger partial charge in [-0.15, -0.1) is 6.42 Å². The zero-order valence-electron chi connectivity index (χ0n) is 14.1. The Kier molecular flexibility index (Phi) is 6.88. The number of terminal acetylenes is 1. The van der Waals surface area contributed by atoms with E-state index in [0.29, 0.717) is 0 Å². The van der Waals surface area contributed by atoms with Gasteiger partial charge in [0.25, 0.3) is 0 Å². The number of carbonyl (C=O) groups is 3. The molecule has 0 unspecified atom stereocenters. The maximum absolute atomic E-state index is 11.8. The number of hydrogen-bond donors (Lipinski definition) is 0. The molecule has 0 N–H and O–H groups in total. The van der Waals surface area contributed by atoms with Crippen LogP contribution in [0.5, 0.6) is 0 Å². The zero-order valence-corrected chi connectivity index (χ0v) is 14.1. The van der Waals surface area contributed by atoms with Crippen molar-refractivity contribution in [2.45, 2.75) is 37.6 Å². The van der Waals surface area contributed by atoms with Crippen LogP contribution in [0.3, 0.4) is 0 Å². The van der Waals surface area contributed by atoms with Crippen LogP contribution in [0.4, 0.5) is 14.4 Å². The highest BCUT2D eigenvalue weighted by molar-refractivity contribution is 5.63. The van der Waals surface area contributed by atoms with Gasteiger partial charge in [-0.05, 0) is 6.92 Å². The van der Waals surface area contributed by atoms with Crippen LogP contribution in [0.2, 0.25) is 0 Å². The smallest absolute Gasteiger partial charge is 0.435 e. The van der Waals surface area contributed by atoms with Crippen LogP contribution in [0.25, 0.3) is 0 Å². The van der Waals surface area contributed by atoms with Crippen molar-refractivity contribution in [2.24, 2.45) is 0 Å². The summed E-state index contributed by atoms with van der Waals surface area (Å²) in [7, 11) is 1.29. The average Bonchev–Trinajstić information content (AvgIpc) is 2.62. The van der Waals surface area contributed by atoms with E-state index in [0.717, 1.165) is 0 Å². The van der Waals surface area contributed by atoms with Crippen molar-refractivity contribution in [1.29, 1.82) is 0 Å². The molecule has 0 saturated carbocycles. The fourth-order valence-electron chi connectivity index (χ4n) is 2.41. The lowest BCUT2D eigenvalue weighted by Gasteiger charge is -2.44. The van der Waals surface area contributed by atoms with E-state index in [1.807, 2.05) is 0 Å². The molecule has 2 saturated heterocycles. The van der Waals surface area contributed by atoms with Crippen molar-refractivity contribution < 1.29 is 52.3 Å². The summed E-state index contributed by atoms with van der Waals surface area (Å²) in [5.41, 5.74) is 0. The van der Waals surface area contributed by atoms with E-state index in [1.165, 1.54) is 7.11 Å². The molecule has 0 aromatic heterocycles. The van der Waals surface area contributed by atoms with Crippen molar-refractivity contribution in [3.63, 3.8) is 0 Å². The Labute approximate surface area is 148 Å². The first kappa shape index (κ1) is 19.6. The topological polar surface area (TPSA) is 125 Å². The van der Waals surface area contributed by atoms with Crippen LogP contribution < -0.4 is 0 Å². The molecule has 0 amide bonds. The highest BCUT2D eigenvalue weighted by atomic mass is 16.8. The van der Waals surface area contributed by atoms with Gasteiger partial charge in [-0.25, -0.2) is 14.4 Å². The number of methoxy groups -OCH3 is 1. The molecule has 2 heterocycles. The predicted molar refractivity (Wildman–Crippen MR) is 78.8 cm³/mol. The summed E-state index contributed by atoms with van der Waals surface area (Å²) >= 11 is 0. The van der Waals surface area contributed by atoms with Crippen molar-refractivity contribution in [2.75, 3.05) is 26.9 Å². The molecule has 0 radical (unpaired) electrons. The summed E-state index contributed by atoms with van der Waals surface area (Å²) in [6.45, 7) is 1.12. The summed E-state index contributed by atoms with van der Waals surface area (Å²) in [5, 5.41) is 0. The molecule has 2 aliphatic heterocycles. The van der Waals surface area contributed by atoms with Crippen LogP contribution in [-0.4, -0.2) is 76.1 Å². The van der Waals surface area contributed by atoms with Crippen LogP contribution in [0.1, 0.15) is 6.92 Å². The van der Waals surface area contributed by atoms with Crippen molar-refractivity contribution in [1.82, 2.24) is 0 Å². The Balaban J connectivity index is 2.22. The van der Waals surface area contributed by atoms with Gasteiger partial charge in [0.05, 0.1) is 6.61 Å². The highest BCUT2D eigenvalue weighted by Gasteiger charge is 2.55. The van der Waals surface area contributed by atoms with Crippen LogP contribution in [0.15, 0.2) is 0 Å². The van der Waals surface area contributed by atoms with Crippen molar-refractivity contribution in [3.05, 3.63) is 0 Å². The quantitative estimate of drug-likeness (QED) is 0.381. The summed E-state index contributed by atoms with van der Waals surface area (Å²) in [6.07, 6.45) is -3.89. The highest BCUT2D eigenvalue weighted by Crippen LogP contribution is 2.31. The third-order valence-corrected chi connectivity index (χ3v) is 3.42. The number of carbonyl (C=O) groups excluding carboxylic acids is 3. The van der Waals surface area contributed by atoms with Gasteiger partial charge in [0.1, 0.15) is 12.7 Å². The first-order valence-electron chi connectivity index (χ1n) is 7.62. The van der Waals surface area contributed by atoms with Gasteiger partial charge < -0.3 is 37.9 Å². The van der Waals surface area contributed by atoms with E-state index in [9.17, 15) is 14.4 Å². The van der Waals surface area contributed by atoms with Crippen LogP contribution in [0, 0.1) is 12.3 Å². The molecule has 2 rings (SSSR count). The van der Waals surface area contributed by atoms with Crippen molar-refractivity contribution >= 4 is 18.5 Å². The Morgan fingerprint density at radius 3 is 2.58 bits per heavy atom. The molecule has 0 aromatic rings. The molecular weight excluding hydrogens is 356 g/mol. The monoisotopic (exact) mass is 374 g/mol. The zero-order chi connectivity index (χ0) is 19.1. The molecular formula is C15H18O11. The van der Waals surface area contributed by atoms with E-state index in [2.05, 4.69) is 10.7 Å². The van der Waals surface area contributed by atoms with E-state index in [1.54, 1.807) is 6.92 Å². The van der Waals surface area contributed by atoms with Gasteiger partial charge in [0.15, 0.2) is 31.2 Å². The molecule has 26 heavy (non-hydrogen) atoms. The molecule has 0 spiro atoms. The molecule has 11 nitrogen and oxygen atoms in total. The van der Waals surface area contributed by atoms with Crippen molar-refractivity contribution in [3.8, 4) is 12.3 Å². The number of hydrogen-bond acceptors (Lipinski definition) is 11. The standard InChI is InChI=1S/C15H18O11/c1-4-6-21-14(17)25-10-9-8(7-22-15(18)24-9)23-12(19-3)11(10)26-13(16)20-5-2/h1,8-12H,5-7H2,2-3H3/t8-,9-,10+,11-,12+/m0/s1. The Morgan fingerprint density at radius 2 is 1.92 bits per heavy atom. The summed E-state index contributed by atoms with van der Waals surface area (Å²) < 4.78 is 40.1. The van der Waals surface area contributed by atoms with Gasteiger partial charge >= 0.3 is 18.5 Å². The lowest BCUT2D eigenvalue weighted by atomic mass is 9.98. The summed E-state index contributed by atoms with van der Waals surface area (Å²) in [4.78, 5) is 35.0. The Morgan fingerprint density at radius 1 is 1.23 bits per heavy atom. The molecule has 0 aliphatic carbocycles. The third-order valence-electron chi connectivity index (χ3n) is 3.42. The predicted octanol–water partition coefficient (Wildman–Crippen LogP) is 0.590. The van der Waals surface area contributed by atoms with Gasteiger partial charge in [-0.3, -0.25) is 0 Å². The Bertz CT molecular complexity index is 568. The number of cyclic esters (lactones) is 1. The molecule has 144 valence electrons. The van der Waals surface area contributed by atoms with E-state index in [-0.39, 0.29) is 19.8 Å². The molecule has 0 aromatic carbocycles. The van der Waals surface area contributed by atoms with E-state index < -0.39 is 49.2 Å². The normalized spacial score (nSPS) is 29.9. The SMILES string of the molecule is C#CCOC(=O)O[C@H]1[C@H](OC(=O)OCC)[C@H](OC)O[C@H]2COC(=O)O[C@H]12. The lowest BCUT2D eigenvalue weighted by molar-refractivity contribution is -0.307. The van der Waals surface area contributed by atoms with Crippen LogP contribution >= 0.6 is 0 Å². The average molecular weight is 374 g/mol. The second-order valence-electron chi connectivity index (χ2n) is 5.01. The second-order valence-corrected chi connectivity index (χ2v) is 5.01. The minimum absolute atomic E-state index is 0.0503. The third kappa shape index (κ3) is 4.68. The maximum Gasteiger partial charge on any atom is 0.509 e. The number of fused-ring (bicyclic) bond motifs is 1. The number of rotatable bonds is 5. The largest absolute Gasteiger partial charge is 0.509 e. The second kappa shape index (κ2) is 9.12. The van der Waals surface area contributed by atoms with Gasteiger partial charge in [0.2, 0.25) is 0 Å². The maximum atomic E-state index is 11.8. The fourth-order valence-corrected chi connectivity index (χ4v) is 2.41. The summed E-state index contributed by atoms with van der Waals surface area (Å²) in [6, 6.07) is 0. The molecule has 0 bridgehead atoms. The number of ether oxygens (including phenoxy) is 8. The van der Waals surface area contributed by atoms with E-state index >= 15 is 0 Å². The van der Waals surface area contributed by atoms with Gasteiger partial charge in [0, 0.05) is 7.11 Å². The molecule has 11 heteroatoms. The first-order chi connectivity index (χ1) is 12.5. The Hall–Kier alpha value is -2.71. The molecule has 5 atom stereocenters. The first-order valence-corrected chi connectivity index (χ1v) is 7.62. The van der Waals surface area contributed by atoms with Crippen LogP contribution in [-0.2, 0) is 37.9 Å².